The smallest absolute Gasteiger partial charge is 0.224 e. The first kappa shape index (κ1) is 15.0. The zero-order valence-electron chi connectivity index (χ0n) is 11.6. The minimum atomic E-state index is -3.01. The van der Waals surface area contributed by atoms with Crippen LogP contribution in [0, 0.1) is 0 Å². The van der Waals surface area contributed by atoms with E-state index in [4.69, 9.17) is 5.73 Å². The summed E-state index contributed by atoms with van der Waals surface area (Å²) in [4.78, 5) is 12.0. The first-order valence-electron chi connectivity index (χ1n) is 6.61. The molecule has 1 fully saturated rings. The molecule has 0 aromatic heterocycles. The van der Waals surface area contributed by atoms with Gasteiger partial charge in [0, 0.05) is 6.54 Å². The van der Waals surface area contributed by atoms with Gasteiger partial charge in [-0.2, -0.15) is 0 Å². The lowest BCUT2D eigenvalue weighted by Crippen LogP contribution is -2.47. The van der Waals surface area contributed by atoms with Gasteiger partial charge in [-0.25, -0.2) is 8.42 Å². The van der Waals surface area contributed by atoms with Crippen LogP contribution >= 0.6 is 0 Å². The second kappa shape index (κ2) is 5.54. The van der Waals surface area contributed by atoms with Gasteiger partial charge in [0.1, 0.15) is 0 Å². The Kier molecular flexibility index (Phi) is 4.15. The van der Waals surface area contributed by atoms with E-state index in [0.29, 0.717) is 13.0 Å². The molecule has 1 aromatic rings. The SMILES string of the molecule is CC1(NC(=O)Cc2ccc(CN)cc2)CCS(=O)(=O)C1. The van der Waals surface area contributed by atoms with E-state index in [2.05, 4.69) is 5.32 Å². The molecule has 110 valence electrons. The molecule has 1 unspecified atom stereocenters. The summed E-state index contributed by atoms with van der Waals surface area (Å²) in [6.07, 6.45) is 0.730. The molecule has 1 aliphatic rings. The number of nitrogens with two attached hydrogens (primary N) is 1. The molecule has 1 atom stereocenters. The molecule has 0 radical (unpaired) electrons. The minimum Gasteiger partial charge on any atom is -0.350 e. The Labute approximate surface area is 119 Å². The summed E-state index contributed by atoms with van der Waals surface area (Å²) in [5.74, 6) is 0.0254. The zero-order chi connectivity index (χ0) is 14.8. The van der Waals surface area contributed by atoms with Gasteiger partial charge in [0.25, 0.3) is 0 Å². The highest BCUT2D eigenvalue weighted by atomic mass is 32.2. The van der Waals surface area contributed by atoms with Crippen molar-refractivity contribution in [2.24, 2.45) is 5.73 Å². The number of sulfone groups is 1. The van der Waals surface area contributed by atoms with Gasteiger partial charge in [0.2, 0.25) is 5.91 Å². The molecule has 0 saturated carbocycles. The van der Waals surface area contributed by atoms with Gasteiger partial charge in [-0.05, 0) is 24.5 Å². The number of carbonyl (C=O) groups excluding carboxylic acids is 1. The average Bonchev–Trinajstić information content (AvgIpc) is 2.64. The molecular formula is C14H20N2O3S. The van der Waals surface area contributed by atoms with Crippen molar-refractivity contribution < 1.29 is 13.2 Å². The Morgan fingerprint density at radius 1 is 1.30 bits per heavy atom. The fourth-order valence-corrected chi connectivity index (χ4v) is 4.56. The van der Waals surface area contributed by atoms with E-state index in [0.717, 1.165) is 11.1 Å². The monoisotopic (exact) mass is 296 g/mol. The van der Waals surface area contributed by atoms with E-state index in [9.17, 15) is 13.2 Å². The highest BCUT2D eigenvalue weighted by Gasteiger charge is 2.39. The number of rotatable bonds is 4. The van der Waals surface area contributed by atoms with Gasteiger partial charge < -0.3 is 11.1 Å². The van der Waals surface area contributed by atoms with Crippen LogP contribution in [0.5, 0.6) is 0 Å². The van der Waals surface area contributed by atoms with E-state index in [1.54, 1.807) is 6.92 Å². The standard InChI is InChI=1S/C14H20N2O3S/c1-14(6-7-20(18,19)10-14)16-13(17)8-11-2-4-12(9-15)5-3-11/h2-5H,6-10,15H2,1H3,(H,16,17). The molecule has 1 heterocycles. The third-order valence-corrected chi connectivity index (χ3v) is 5.47. The van der Waals surface area contributed by atoms with E-state index < -0.39 is 15.4 Å². The average molecular weight is 296 g/mol. The van der Waals surface area contributed by atoms with Crippen LogP contribution in [0.25, 0.3) is 0 Å². The van der Waals surface area contributed by atoms with Crippen LogP contribution in [-0.4, -0.2) is 31.4 Å². The van der Waals surface area contributed by atoms with Crippen molar-refractivity contribution in [2.75, 3.05) is 11.5 Å². The van der Waals surface area contributed by atoms with Gasteiger partial charge in [-0.15, -0.1) is 0 Å². The van der Waals surface area contributed by atoms with Gasteiger partial charge >= 0.3 is 0 Å². The van der Waals surface area contributed by atoms with Gasteiger partial charge in [-0.3, -0.25) is 4.79 Å². The van der Waals surface area contributed by atoms with Crippen molar-refractivity contribution in [3.8, 4) is 0 Å². The quantitative estimate of drug-likeness (QED) is 0.840. The van der Waals surface area contributed by atoms with Crippen LogP contribution in [-0.2, 0) is 27.6 Å². The third-order valence-electron chi connectivity index (χ3n) is 3.57. The van der Waals surface area contributed by atoms with Crippen molar-refractivity contribution >= 4 is 15.7 Å². The Bertz CT molecular complexity index is 595. The van der Waals surface area contributed by atoms with Gasteiger partial charge in [-0.1, -0.05) is 24.3 Å². The molecule has 1 aliphatic heterocycles. The minimum absolute atomic E-state index is 0.0256. The van der Waals surface area contributed by atoms with Crippen LogP contribution < -0.4 is 11.1 Å². The van der Waals surface area contributed by atoms with Crippen LogP contribution in [0.4, 0.5) is 0 Å². The summed E-state index contributed by atoms with van der Waals surface area (Å²) >= 11 is 0. The van der Waals surface area contributed by atoms with Crippen LogP contribution in [0.2, 0.25) is 0 Å². The maximum Gasteiger partial charge on any atom is 0.224 e. The Morgan fingerprint density at radius 3 is 2.40 bits per heavy atom. The first-order chi connectivity index (χ1) is 9.32. The molecular weight excluding hydrogens is 276 g/mol. The molecule has 3 N–H and O–H groups in total. The molecule has 5 nitrogen and oxygen atoms in total. The number of carbonyl (C=O) groups is 1. The highest BCUT2D eigenvalue weighted by molar-refractivity contribution is 7.91. The van der Waals surface area contributed by atoms with Gasteiger partial charge in [0.15, 0.2) is 9.84 Å². The summed E-state index contributed by atoms with van der Waals surface area (Å²) in [6.45, 7) is 2.26. The lowest BCUT2D eigenvalue weighted by molar-refractivity contribution is -0.121. The lowest BCUT2D eigenvalue weighted by Gasteiger charge is -2.23. The van der Waals surface area contributed by atoms with E-state index in [-0.39, 0.29) is 23.8 Å². The van der Waals surface area contributed by atoms with E-state index in [1.165, 1.54) is 0 Å². The zero-order valence-corrected chi connectivity index (χ0v) is 12.4. The number of hydrogen-bond donors (Lipinski definition) is 2. The van der Waals surface area contributed by atoms with E-state index in [1.807, 2.05) is 24.3 Å². The number of nitrogens with one attached hydrogen (secondary N) is 1. The third kappa shape index (κ3) is 3.80. The van der Waals surface area contributed by atoms with Crippen LogP contribution in [0.15, 0.2) is 24.3 Å². The second-order valence-electron chi connectivity index (χ2n) is 5.65. The fraction of sp³-hybridized carbons (Fsp3) is 0.500. The van der Waals surface area contributed by atoms with Crippen molar-refractivity contribution in [1.29, 1.82) is 0 Å². The van der Waals surface area contributed by atoms with Crippen molar-refractivity contribution in [3.63, 3.8) is 0 Å². The van der Waals surface area contributed by atoms with Crippen molar-refractivity contribution in [1.82, 2.24) is 5.32 Å². The molecule has 6 heteroatoms. The number of hydrogen-bond acceptors (Lipinski definition) is 4. The molecule has 0 spiro atoms. The number of benzene rings is 1. The molecule has 2 rings (SSSR count). The number of amides is 1. The lowest BCUT2D eigenvalue weighted by atomic mass is 10.0. The van der Waals surface area contributed by atoms with E-state index >= 15 is 0 Å². The Balaban J connectivity index is 1.95. The van der Waals surface area contributed by atoms with Gasteiger partial charge in [0.05, 0.1) is 23.5 Å². The summed E-state index contributed by atoms with van der Waals surface area (Å²) in [5, 5.41) is 2.85. The van der Waals surface area contributed by atoms with Crippen molar-refractivity contribution in [2.45, 2.75) is 31.8 Å². The molecule has 1 amide bonds. The summed E-state index contributed by atoms with van der Waals surface area (Å²) < 4.78 is 23.0. The maximum absolute atomic E-state index is 12.0. The summed E-state index contributed by atoms with van der Waals surface area (Å²) in [6, 6.07) is 7.53. The first-order valence-corrected chi connectivity index (χ1v) is 8.43. The molecule has 20 heavy (non-hydrogen) atoms. The van der Waals surface area contributed by atoms with Crippen molar-refractivity contribution in [3.05, 3.63) is 35.4 Å². The van der Waals surface area contributed by atoms with Crippen LogP contribution in [0.1, 0.15) is 24.5 Å². The normalized spacial score (nSPS) is 24.5. The largest absolute Gasteiger partial charge is 0.350 e. The molecule has 1 aromatic carbocycles. The topological polar surface area (TPSA) is 89.3 Å². The highest BCUT2D eigenvalue weighted by Crippen LogP contribution is 2.22. The Morgan fingerprint density at radius 2 is 1.90 bits per heavy atom. The predicted molar refractivity (Wildman–Crippen MR) is 77.9 cm³/mol. The molecule has 0 aliphatic carbocycles. The maximum atomic E-state index is 12.0. The molecule has 1 saturated heterocycles. The summed E-state index contributed by atoms with van der Waals surface area (Å²) in [7, 11) is -3.01. The van der Waals surface area contributed by atoms with Crippen LogP contribution in [0.3, 0.4) is 0 Å². The predicted octanol–water partition coefficient (Wildman–Crippen LogP) is 0.381. The second-order valence-corrected chi connectivity index (χ2v) is 7.83. The summed E-state index contributed by atoms with van der Waals surface area (Å²) in [5.41, 5.74) is 6.79. The Hall–Kier alpha value is -1.40. The molecule has 0 bridgehead atoms. The fourth-order valence-electron chi connectivity index (χ4n) is 2.47.